The van der Waals surface area contributed by atoms with E-state index < -0.39 is 23.2 Å². The first-order valence-corrected chi connectivity index (χ1v) is 5.61. The molecule has 0 unspecified atom stereocenters. The SMILES string of the molecule is CC(C)(C)OC(=O)Nc1ccc([N+](=O)[O-])cc1CO. The Balaban J connectivity index is 2.89. The minimum absolute atomic E-state index is 0.154. The Morgan fingerprint density at radius 2 is 2.11 bits per heavy atom. The summed E-state index contributed by atoms with van der Waals surface area (Å²) in [5.41, 5.74) is -0.272. The molecule has 0 saturated carbocycles. The van der Waals surface area contributed by atoms with Crippen LogP contribution in [0.4, 0.5) is 16.2 Å². The van der Waals surface area contributed by atoms with Gasteiger partial charge in [0.15, 0.2) is 0 Å². The van der Waals surface area contributed by atoms with E-state index >= 15 is 0 Å². The number of hydrogen-bond donors (Lipinski definition) is 2. The molecule has 1 rings (SSSR count). The highest BCUT2D eigenvalue weighted by atomic mass is 16.6. The number of nitro groups is 1. The van der Waals surface area contributed by atoms with Crippen LogP contribution in [0.3, 0.4) is 0 Å². The number of carbonyl (C=O) groups is 1. The van der Waals surface area contributed by atoms with Gasteiger partial charge in [0.05, 0.1) is 17.2 Å². The van der Waals surface area contributed by atoms with Gasteiger partial charge in [-0.25, -0.2) is 4.79 Å². The highest BCUT2D eigenvalue weighted by Crippen LogP contribution is 2.22. The zero-order valence-corrected chi connectivity index (χ0v) is 11.0. The maximum atomic E-state index is 11.6. The lowest BCUT2D eigenvalue weighted by atomic mass is 10.1. The van der Waals surface area contributed by atoms with Crippen LogP contribution in [0.5, 0.6) is 0 Å². The average Bonchev–Trinajstić information content (AvgIpc) is 2.26. The second-order valence-electron chi connectivity index (χ2n) is 4.88. The van der Waals surface area contributed by atoms with Gasteiger partial charge in [0.1, 0.15) is 5.60 Å². The quantitative estimate of drug-likeness (QED) is 0.647. The van der Waals surface area contributed by atoms with Gasteiger partial charge in [-0.3, -0.25) is 15.4 Å². The van der Waals surface area contributed by atoms with E-state index in [1.807, 2.05) is 0 Å². The van der Waals surface area contributed by atoms with E-state index in [9.17, 15) is 14.9 Å². The summed E-state index contributed by atoms with van der Waals surface area (Å²) < 4.78 is 5.05. The molecule has 0 bridgehead atoms. The number of amides is 1. The van der Waals surface area contributed by atoms with Crippen molar-refractivity contribution in [3.63, 3.8) is 0 Å². The zero-order chi connectivity index (χ0) is 14.6. The summed E-state index contributed by atoms with van der Waals surface area (Å²) >= 11 is 0. The van der Waals surface area contributed by atoms with Crippen LogP contribution in [0.15, 0.2) is 18.2 Å². The van der Waals surface area contributed by atoms with E-state index in [2.05, 4.69) is 5.32 Å². The molecule has 2 N–H and O–H groups in total. The molecule has 0 atom stereocenters. The molecule has 0 aliphatic heterocycles. The number of benzene rings is 1. The Kier molecular flexibility index (Phi) is 4.44. The third kappa shape index (κ3) is 4.55. The molecule has 0 aliphatic carbocycles. The number of ether oxygens (including phenoxy) is 1. The number of nitro benzene ring substituents is 1. The molecule has 19 heavy (non-hydrogen) atoms. The fraction of sp³-hybridized carbons (Fsp3) is 0.417. The predicted molar refractivity (Wildman–Crippen MR) is 68.9 cm³/mol. The van der Waals surface area contributed by atoms with Gasteiger partial charge in [0, 0.05) is 17.7 Å². The first-order chi connectivity index (χ1) is 8.73. The lowest BCUT2D eigenvalue weighted by Crippen LogP contribution is -2.27. The topological polar surface area (TPSA) is 102 Å². The molecule has 0 spiro atoms. The Morgan fingerprint density at radius 3 is 2.58 bits per heavy atom. The van der Waals surface area contributed by atoms with Crippen LogP contribution < -0.4 is 5.32 Å². The largest absolute Gasteiger partial charge is 0.444 e. The van der Waals surface area contributed by atoms with Crippen LogP contribution in [0.2, 0.25) is 0 Å². The number of hydrogen-bond acceptors (Lipinski definition) is 5. The number of aliphatic hydroxyl groups is 1. The number of nitrogens with one attached hydrogen (secondary N) is 1. The molecular weight excluding hydrogens is 252 g/mol. The summed E-state index contributed by atoms with van der Waals surface area (Å²) in [6.07, 6.45) is -0.684. The van der Waals surface area contributed by atoms with Gasteiger partial charge in [-0.1, -0.05) is 0 Å². The molecule has 7 nitrogen and oxygen atoms in total. The molecule has 1 aromatic carbocycles. The van der Waals surface area contributed by atoms with E-state index in [1.54, 1.807) is 20.8 Å². The molecule has 0 fully saturated rings. The minimum Gasteiger partial charge on any atom is -0.444 e. The molecule has 0 aromatic heterocycles. The fourth-order valence-corrected chi connectivity index (χ4v) is 1.36. The van der Waals surface area contributed by atoms with E-state index in [0.29, 0.717) is 0 Å². The lowest BCUT2D eigenvalue weighted by molar-refractivity contribution is -0.384. The summed E-state index contributed by atoms with van der Waals surface area (Å²) in [4.78, 5) is 21.6. The summed E-state index contributed by atoms with van der Waals surface area (Å²) in [5, 5.41) is 22.2. The number of nitrogens with zero attached hydrogens (tertiary/aromatic N) is 1. The van der Waals surface area contributed by atoms with E-state index in [0.717, 1.165) is 0 Å². The van der Waals surface area contributed by atoms with E-state index in [1.165, 1.54) is 18.2 Å². The normalized spacial score (nSPS) is 10.9. The van der Waals surface area contributed by atoms with Gasteiger partial charge in [0.25, 0.3) is 5.69 Å². The third-order valence-corrected chi connectivity index (χ3v) is 2.11. The molecular formula is C12H16N2O5. The molecule has 7 heteroatoms. The van der Waals surface area contributed by atoms with Crippen molar-refractivity contribution in [1.29, 1.82) is 0 Å². The molecule has 0 radical (unpaired) electrons. The first kappa shape index (κ1) is 14.9. The second-order valence-corrected chi connectivity index (χ2v) is 4.88. The number of non-ortho nitro benzene ring substituents is 1. The number of rotatable bonds is 3. The minimum atomic E-state index is -0.684. The van der Waals surface area contributed by atoms with Gasteiger partial charge >= 0.3 is 6.09 Å². The Morgan fingerprint density at radius 1 is 1.47 bits per heavy atom. The molecule has 0 aliphatic rings. The Hall–Kier alpha value is -2.15. The molecule has 104 valence electrons. The smallest absolute Gasteiger partial charge is 0.412 e. The van der Waals surface area contributed by atoms with Crippen molar-refractivity contribution in [3.05, 3.63) is 33.9 Å². The van der Waals surface area contributed by atoms with Gasteiger partial charge < -0.3 is 9.84 Å². The molecule has 0 saturated heterocycles. The van der Waals surface area contributed by atoms with Crippen molar-refractivity contribution in [2.24, 2.45) is 0 Å². The highest BCUT2D eigenvalue weighted by molar-refractivity contribution is 5.86. The third-order valence-electron chi connectivity index (χ3n) is 2.11. The predicted octanol–water partition coefficient (Wildman–Crippen LogP) is 2.43. The van der Waals surface area contributed by atoms with Crippen LogP contribution in [-0.2, 0) is 11.3 Å². The zero-order valence-electron chi connectivity index (χ0n) is 11.0. The van der Waals surface area contributed by atoms with Gasteiger partial charge in [-0.05, 0) is 26.8 Å². The first-order valence-electron chi connectivity index (χ1n) is 5.61. The molecule has 0 heterocycles. The average molecular weight is 268 g/mol. The summed E-state index contributed by atoms with van der Waals surface area (Å²) in [5.74, 6) is 0. The van der Waals surface area contributed by atoms with Gasteiger partial charge in [-0.2, -0.15) is 0 Å². The summed E-state index contributed by atoms with van der Waals surface area (Å²) in [7, 11) is 0. The van der Waals surface area contributed by atoms with Crippen LogP contribution in [-0.4, -0.2) is 21.7 Å². The van der Waals surface area contributed by atoms with Gasteiger partial charge in [0.2, 0.25) is 0 Å². The van der Waals surface area contributed by atoms with Crippen LogP contribution in [0.1, 0.15) is 26.3 Å². The summed E-state index contributed by atoms with van der Waals surface area (Å²) in [6.45, 7) is 4.73. The van der Waals surface area contributed by atoms with Crippen LogP contribution >= 0.6 is 0 Å². The second kappa shape index (κ2) is 5.66. The Labute approximate surface area is 110 Å². The number of anilines is 1. The van der Waals surface area contributed by atoms with Crippen LogP contribution in [0.25, 0.3) is 0 Å². The van der Waals surface area contributed by atoms with Crippen molar-refractivity contribution in [1.82, 2.24) is 0 Å². The maximum absolute atomic E-state index is 11.6. The monoisotopic (exact) mass is 268 g/mol. The number of aliphatic hydroxyl groups excluding tert-OH is 1. The Bertz CT molecular complexity index is 493. The lowest BCUT2D eigenvalue weighted by Gasteiger charge is -2.20. The molecule has 1 aromatic rings. The van der Waals surface area contributed by atoms with E-state index in [4.69, 9.17) is 9.84 Å². The molecule has 1 amide bonds. The van der Waals surface area contributed by atoms with Crippen LogP contribution in [0, 0.1) is 10.1 Å². The highest BCUT2D eigenvalue weighted by Gasteiger charge is 2.18. The van der Waals surface area contributed by atoms with Crippen molar-refractivity contribution >= 4 is 17.5 Å². The van der Waals surface area contributed by atoms with Crippen molar-refractivity contribution in [2.45, 2.75) is 33.0 Å². The standard InChI is InChI=1S/C12H16N2O5/c1-12(2,3)19-11(16)13-10-5-4-9(14(17)18)6-8(10)7-15/h4-6,15H,7H2,1-3H3,(H,13,16). The van der Waals surface area contributed by atoms with Crippen molar-refractivity contribution < 1.29 is 19.6 Å². The fourth-order valence-electron chi connectivity index (χ4n) is 1.36. The number of carbonyl (C=O) groups excluding carboxylic acids is 1. The summed E-state index contributed by atoms with van der Waals surface area (Å²) in [6, 6.07) is 3.80. The van der Waals surface area contributed by atoms with Crippen molar-refractivity contribution in [3.8, 4) is 0 Å². The van der Waals surface area contributed by atoms with Gasteiger partial charge in [-0.15, -0.1) is 0 Å². The van der Waals surface area contributed by atoms with E-state index in [-0.39, 0.29) is 16.9 Å². The maximum Gasteiger partial charge on any atom is 0.412 e. The van der Waals surface area contributed by atoms with Crippen molar-refractivity contribution in [2.75, 3.05) is 5.32 Å².